The van der Waals surface area contributed by atoms with E-state index >= 15 is 0 Å². The van der Waals surface area contributed by atoms with Gasteiger partial charge in [0.15, 0.2) is 0 Å². The number of ether oxygens (including phenoxy) is 1. The quantitative estimate of drug-likeness (QED) is 0.191. The van der Waals surface area contributed by atoms with Gasteiger partial charge in [0.25, 0.3) is 0 Å². The number of hydrogen-bond donors (Lipinski definition) is 2. The van der Waals surface area contributed by atoms with Gasteiger partial charge in [-0.1, -0.05) is 18.7 Å². The summed E-state index contributed by atoms with van der Waals surface area (Å²) in [5.41, 5.74) is 2.68. The molecule has 0 bridgehead atoms. The normalized spacial score (nSPS) is 11.4. The minimum atomic E-state index is -2.94. The van der Waals surface area contributed by atoms with Gasteiger partial charge in [0.2, 0.25) is 0 Å². The van der Waals surface area contributed by atoms with Crippen LogP contribution in [-0.4, -0.2) is 37.2 Å². The molecule has 2 aromatic carbocycles. The second-order valence-corrected chi connectivity index (χ2v) is 9.51. The van der Waals surface area contributed by atoms with Crippen LogP contribution in [0.1, 0.15) is 41.9 Å². The van der Waals surface area contributed by atoms with Gasteiger partial charge in [0, 0.05) is 6.26 Å². The van der Waals surface area contributed by atoms with E-state index in [1.807, 2.05) is 36.4 Å². The van der Waals surface area contributed by atoms with E-state index < -0.39 is 9.84 Å². The molecule has 0 amide bonds. The van der Waals surface area contributed by atoms with E-state index in [1.54, 1.807) is 12.1 Å². The Morgan fingerprint density at radius 3 is 2.53 bits per heavy atom. The summed E-state index contributed by atoms with van der Waals surface area (Å²) in [5.74, 6) is 0.937. The largest absolute Gasteiger partial charge is 2.00 e. The SMILES string of the molecule is C=C(O)C[C@H]([CH2-])c1[c-]c[c-]cc1.[CH2-]C/C=C/c1ccc(OCCCS(C)(=O)=O)cc1CO.[U+2].[U+2]. The third-order valence-corrected chi connectivity index (χ3v) is 5.31. The van der Waals surface area contributed by atoms with Crippen LogP contribution in [0.5, 0.6) is 5.75 Å². The molecule has 0 heterocycles. The summed E-state index contributed by atoms with van der Waals surface area (Å²) < 4.78 is 27.5. The maximum Gasteiger partial charge on any atom is 2.00 e. The van der Waals surface area contributed by atoms with Crippen molar-refractivity contribution >= 4 is 15.9 Å². The number of hydrogen-bond acceptors (Lipinski definition) is 5. The van der Waals surface area contributed by atoms with Gasteiger partial charge in [0.1, 0.15) is 15.6 Å². The molecule has 8 heteroatoms. The molecule has 2 aromatic rings. The average Bonchev–Trinajstić information content (AvgIpc) is 2.75. The van der Waals surface area contributed by atoms with Gasteiger partial charge >= 0.3 is 62.2 Å². The molecule has 0 aliphatic rings. The summed E-state index contributed by atoms with van der Waals surface area (Å²) in [6.45, 7) is 11.3. The third kappa shape index (κ3) is 16.3. The van der Waals surface area contributed by atoms with Crippen LogP contribution in [0.2, 0.25) is 0 Å². The molecule has 0 saturated heterocycles. The van der Waals surface area contributed by atoms with Gasteiger partial charge in [-0.3, -0.25) is 12.1 Å². The average molecular weight is 933 g/mol. The van der Waals surface area contributed by atoms with Crippen LogP contribution in [0, 0.1) is 88.2 Å². The van der Waals surface area contributed by atoms with Crippen LogP contribution in [0.3, 0.4) is 0 Å². The second-order valence-electron chi connectivity index (χ2n) is 7.25. The number of allylic oxidation sites excluding steroid dienone is 2. The van der Waals surface area contributed by atoms with Crippen LogP contribution in [-0.2, 0) is 16.4 Å². The summed E-state index contributed by atoms with van der Waals surface area (Å²) >= 11 is 0. The molecule has 0 unspecified atom stereocenters. The zero-order valence-electron chi connectivity index (χ0n) is 19.6. The fourth-order valence-corrected chi connectivity index (χ4v) is 3.34. The standard InChI is InChI=1S/C15H21O4S.C11H11O.2U/c1-3-4-6-13-7-8-15(11-14(13)12-16)19-9-5-10-20(2,17)18;1-9(8-10(2)12)11-6-4-3-5-7-11;;/h4,6-8,11,16H,1,3,5,9-10,12H2,2H3;4-6,9,12H,1-2,8H2;;/q-1;-3;2*+2/b6-4+;;;/t;9-;;/m.0../s1. The van der Waals surface area contributed by atoms with Gasteiger partial charge in [0.05, 0.1) is 24.7 Å². The molecule has 1 atom stereocenters. The molecule has 0 aliphatic carbocycles. The first kappa shape index (κ1) is 35.7. The Balaban J connectivity index is 0. The molecular weight excluding hydrogens is 900 g/mol. The van der Waals surface area contributed by atoms with Crippen LogP contribution in [0.4, 0.5) is 0 Å². The fraction of sp³-hybridized carbons (Fsp3) is 0.308. The number of aliphatic hydroxyl groups excluding tert-OH is 2. The molecule has 0 radical (unpaired) electrons. The van der Waals surface area contributed by atoms with Crippen molar-refractivity contribution in [2.75, 3.05) is 18.6 Å². The number of aliphatic hydroxyl groups is 2. The first-order valence-corrected chi connectivity index (χ1v) is 12.3. The van der Waals surface area contributed by atoms with Crippen molar-refractivity contribution in [1.82, 2.24) is 0 Å². The molecule has 180 valence electrons. The molecule has 0 spiro atoms. The van der Waals surface area contributed by atoms with Gasteiger partial charge in [-0.2, -0.15) is 12.3 Å². The number of sulfone groups is 1. The van der Waals surface area contributed by atoms with Crippen LogP contribution in [0.25, 0.3) is 6.08 Å². The van der Waals surface area contributed by atoms with Crippen molar-refractivity contribution in [1.29, 1.82) is 0 Å². The van der Waals surface area contributed by atoms with Crippen molar-refractivity contribution in [2.24, 2.45) is 0 Å². The summed E-state index contributed by atoms with van der Waals surface area (Å²) in [7, 11) is -2.94. The zero-order valence-corrected chi connectivity index (χ0v) is 28.7. The van der Waals surface area contributed by atoms with Crippen molar-refractivity contribution in [3.8, 4) is 5.75 Å². The topological polar surface area (TPSA) is 83.8 Å². The van der Waals surface area contributed by atoms with Gasteiger partial charge in [-0.15, -0.1) is 6.08 Å². The zero-order chi connectivity index (χ0) is 24.0. The Morgan fingerprint density at radius 1 is 1.29 bits per heavy atom. The van der Waals surface area contributed by atoms with Gasteiger partial charge < -0.3 is 52.6 Å². The molecule has 5 nitrogen and oxygen atoms in total. The smallest absolute Gasteiger partial charge is 0.513 e. The van der Waals surface area contributed by atoms with E-state index in [9.17, 15) is 13.5 Å². The maximum atomic E-state index is 11.0. The van der Waals surface area contributed by atoms with E-state index in [-0.39, 0.29) is 86.3 Å². The molecule has 0 fully saturated rings. The predicted octanol–water partition coefficient (Wildman–Crippen LogP) is 4.90. The Hall–Kier alpha value is -0.466. The molecule has 2 N–H and O–H groups in total. The van der Waals surface area contributed by atoms with E-state index in [0.29, 0.717) is 31.6 Å². The van der Waals surface area contributed by atoms with E-state index in [4.69, 9.17) is 9.84 Å². The van der Waals surface area contributed by atoms with Gasteiger partial charge in [-0.05, 0) is 36.1 Å². The summed E-state index contributed by atoms with van der Waals surface area (Å²) in [4.78, 5) is 0. The molecule has 0 aromatic heterocycles. The van der Waals surface area contributed by atoms with Crippen molar-refractivity contribution < 1.29 is 85.6 Å². The van der Waals surface area contributed by atoms with Crippen LogP contribution < -0.4 is 4.74 Å². The molecule has 2 rings (SSSR count). The molecule has 0 saturated carbocycles. The molecule has 34 heavy (non-hydrogen) atoms. The molecular formula is C26H32O5SU2. The van der Waals surface area contributed by atoms with Crippen LogP contribution >= 0.6 is 0 Å². The Morgan fingerprint density at radius 2 is 2.00 bits per heavy atom. The van der Waals surface area contributed by atoms with E-state index in [0.717, 1.165) is 16.7 Å². The van der Waals surface area contributed by atoms with E-state index in [1.165, 1.54) is 6.26 Å². The predicted molar refractivity (Wildman–Crippen MR) is 130 cm³/mol. The summed E-state index contributed by atoms with van der Waals surface area (Å²) in [5, 5.41) is 18.3. The van der Waals surface area contributed by atoms with Crippen LogP contribution in [0.15, 0.2) is 54.8 Å². The van der Waals surface area contributed by atoms with E-state index in [2.05, 4.69) is 32.6 Å². The van der Waals surface area contributed by atoms with Crippen molar-refractivity contribution in [3.63, 3.8) is 0 Å². The monoisotopic (exact) mass is 932 g/mol. The third-order valence-electron chi connectivity index (χ3n) is 4.28. The summed E-state index contributed by atoms with van der Waals surface area (Å²) in [6.07, 6.45) is 6.67. The molecule has 0 aliphatic heterocycles. The summed E-state index contributed by atoms with van der Waals surface area (Å²) in [6, 6.07) is 16.7. The minimum absolute atomic E-state index is 0. The van der Waals surface area contributed by atoms with Gasteiger partial charge in [-0.25, -0.2) is 8.42 Å². The second kappa shape index (κ2) is 19.7. The van der Waals surface area contributed by atoms with Crippen molar-refractivity contribution in [2.45, 2.75) is 31.8 Å². The minimum Gasteiger partial charge on any atom is -0.513 e. The number of rotatable bonds is 11. The maximum absolute atomic E-state index is 11.0. The number of benzene rings is 2. The first-order chi connectivity index (χ1) is 15.2. The Kier molecular flexibility index (Phi) is 20.7. The Labute approximate surface area is 252 Å². The first-order valence-electron chi connectivity index (χ1n) is 10.2. The fourth-order valence-electron chi connectivity index (χ4n) is 2.70. The van der Waals surface area contributed by atoms with Crippen molar-refractivity contribution in [3.05, 3.63) is 97.5 Å². The Bertz CT molecular complexity index is 960.